The van der Waals surface area contributed by atoms with E-state index in [2.05, 4.69) is 10.3 Å². The number of aliphatic imine (C=N–C) groups is 1. The van der Waals surface area contributed by atoms with Gasteiger partial charge in [-0.05, 0) is 43.0 Å². The van der Waals surface area contributed by atoms with Crippen LogP contribution in [0.25, 0.3) is 0 Å². The molecule has 130 valence electrons. The quantitative estimate of drug-likeness (QED) is 0.700. The van der Waals surface area contributed by atoms with E-state index < -0.39 is 11.5 Å². The number of nitrogens with two attached hydrogens (primary N) is 1. The Morgan fingerprint density at radius 2 is 2.15 bits per heavy atom. The fraction of sp³-hybridized carbons (Fsp3) is 0.158. The first-order valence-electron chi connectivity index (χ1n) is 8.15. The molecule has 0 amide bonds. The molecule has 1 spiro atoms. The van der Waals surface area contributed by atoms with E-state index in [0.29, 0.717) is 23.7 Å². The summed E-state index contributed by atoms with van der Waals surface area (Å²) >= 11 is 6.08. The molecule has 3 aliphatic heterocycles. The average Bonchev–Trinajstić information content (AvgIpc) is 2.91. The Kier molecular flexibility index (Phi) is 3.01. The number of pyridine rings is 1. The molecule has 0 saturated heterocycles. The number of dihydropyridines is 1. The molecule has 3 aliphatic rings. The topological polar surface area (TPSA) is 72.5 Å². The molecule has 2 aromatic rings. The van der Waals surface area contributed by atoms with Gasteiger partial charge in [-0.25, -0.2) is 9.98 Å². The van der Waals surface area contributed by atoms with Crippen molar-refractivity contribution in [2.75, 3.05) is 6.54 Å². The van der Waals surface area contributed by atoms with Gasteiger partial charge in [-0.15, -0.1) is 0 Å². The van der Waals surface area contributed by atoms with Gasteiger partial charge in [0, 0.05) is 23.2 Å². The molecule has 1 atom stereocenters. The van der Waals surface area contributed by atoms with Crippen molar-refractivity contribution in [3.8, 4) is 11.5 Å². The van der Waals surface area contributed by atoms with E-state index in [1.54, 1.807) is 6.07 Å². The number of aromatic nitrogens is 1. The zero-order chi connectivity index (χ0) is 18.1. The van der Waals surface area contributed by atoms with Crippen molar-refractivity contribution in [1.82, 2.24) is 10.3 Å². The van der Waals surface area contributed by atoms with E-state index in [4.69, 9.17) is 27.1 Å². The Morgan fingerprint density at radius 1 is 1.31 bits per heavy atom. The number of benzene rings is 1. The molecule has 0 bridgehead atoms. The van der Waals surface area contributed by atoms with Gasteiger partial charge in [0.15, 0.2) is 5.75 Å². The van der Waals surface area contributed by atoms with Crippen molar-refractivity contribution >= 4 is 17.4 Å². The van der Waals surface area contributed by atoms with Crippen LogP contribution in [0.2, 0.25) is 5.15 Å². The molecule has 0 aliphatic carbocycles. The number of ether oxygens (including phenoxy) is 1. The van der Waals surface area contributed by atoms with Crippen LogP contribution in [0.3, 0.4) is 0 Å². The predicted octanol–water partition coefficient (Wildman–Crippen LogP) is 3.32. The van der Waals surface area contributed by atoms with Crippen LogP contribution in [0.1, 0.15) is 16.7 Å². The van der Waals surface area contributed by atoms with E-state index in [-0.39, 0.29) is 10.9 Å². The number of amidine groups is 1. The molecule has 0 fully saturated rings. The summed E-state index contributed by atoms with van der Waals surface area (Å²) in [5.41, 5.74) is 9.42. The van der Waals surface area contributed by atoms with Gasteiger partial charge in [0.05, 0.1) is 0 Å². The second kappa shape index (κ2) is 5.08. The van der Waals surface area contributed by atoms with E-state index in [1.807, 2.05) is 37.4 Å². The predicted molar refractivity (Wildman–Crippen MR) is 97.0 cm³/mol. The molecule has 1 aromatic carbocycles. The maximum atomic E-state index is 14.6. The highest BCUT2D eigenvalue weighted by atomic mass is 35.5. The van der Waals surface area contributed by atoms with E-state index in [9.17, 15) is 4.39 Å². The van der Waals surface area contributed by atoms with Crippen LogP contribution in [0.4, 0.5) is 4.39 Å². The minimum atomic E-state index is -0.987. The smallest absolute Gasteiger partial charge is 0.257 e. The third-order valence-corrected chi connectivity index (χ3v) is 5.19. The zero-order valence-electron chi connectivity index (χ0n) is 13.8. The number of fused-ring (bicyclic) bond motifs is 5. The van der Waals surface area contributed by atoms with Crippen LogP contribution in [-0.2, 0) is 5.54 Å². The Bertz CT molecular complexity index is 1080. The lowest BCUT2D eigenvalue weighted by Crippen LogP contribution is -2.35. The number of hydrogen-bond acceptors (Lipinski definition) is 5. The highest BCUT2D eigenvalue weighted by Gasteiger charge is 2.51. The molecule has 26 heavy (non-hydrogen) atoms. The molecule has 1 unspecified atom stereocenters. The molecular weight excluding hydrogens is 355 g/mol. The Hall–Kier alpha value is -2.86. The third kappa shape index (κ3) is 1.85. The minimum absolute atomic E-state index is 0.0330. The van der Waals surface area contributed by atoms with Gasteiger partial charge >= 0.3 is 0 Å². The Morgan fingerprint density at radius 3 is 3.00 bits per heavy atom. The first-order chi connectivity index (χ1) is 12.5. The lowest BCUT2D eigenvalue weighted by molar-refractivity contribution is 0.381. The summed E-state index contributed by atoms with van der Waals surface area (Å²) in [6, 6.07) is 7.33. The van der Waals surface area contributed by atoms with Gasteiger partial charge in [0.25, 0.3) is 5.95 Å². The van der Waals surface area contributed by atoms with Gasteiger partial charge in [0.2, 0.25) is 0 Å². The second-order valence-corrected chi connectivity index (χ2v) is 6.92. The van der Waals surface area contributed by atoms with Gasteiger partial charge in [-0.3, -0.25) is 0 Å². The lowest BCUT2D eigenvalue weighted by atomic mass is 9.74. The monoisotopic (exact) mass is 368 g/mol. The first-order valence-corrected chi connectivity index (χ1v) is 8.53. The fourth-order valence-electron chi connectivity index (χ4n) is 3.92. The van der Waals surface area contributed by atoms with Gasteiger partial charge in [-0.1, -0.05) is 23.2 Å². The van der Waals surface area contributed by atoms with Crippen molar-refractivity contribution in [2.24, 2.45) is 10.7 Å². The molecule has 3 N–H and O–H groups in total. The molecule has 0 saturated carbocycles. The van der Waals surface area contributed by atoms with Crippen molar-refractivity contribution in [3.05, 3.63) is 75.5 Å². The Labute approximate surface area is 154 Å². The van der Waals surface area contributed by atoms with Crippen LogP contribution in [0.5, 0.6) is 11.5 Å². The third-order valence-electron chi connectivity index (χ3n) is 5.00. The minimum Gasteiger partial charge on any atom is -0.452 e. The highest BCUT2D eigenvalue weighted by molar-refractivity contribution is 6.29. The standard InChI is InChI=1S/C19H14ClFN4O/c1-9-2-3-14-11(6-9)19(12-7-15(20)24-17(21)16(12)26-14)13-8-23-5-4-10(13)18(22)25-19/h2-7,23H,8H2,1H3,(H2,22,25). The van der Waals surface area contributed by atoms with Crippen molar-refractivity contribution < 1.29 is 9.13 Å². The molecule has 5 rings (SSSR count). The maximum absolute atomic E-state index is 14.6. The van der Waals surface area contributed by atoms with Crippen LogP contribution in [0.15, 0.2) is 52.7 Å². The first kappa shape index (κ1) is 15.4. The van der Waals surface area contributed by atoms with Gasteiger partial charge in [-0.2, -0.15) is 4.39 Å². The molecule has 0 radical (unpaired) electrons. The average molecular weight is 369 g/mol. The number of rotatable bonds is 0. The van der Waals surface area contributed by atoms with E-state index in [0.717, 1.165) is 22.3 Å². The summed E-state index contributed by atoms with van der Waals surface area (Å²) in [4.78, 5) is 8.53. The van der Waals surface area contributed by atoms with Crippen LogP contribution in [0, 0.1) is 12.9 Å². The largest absolute Gasteiger partial charge is 0.452 e. The number of nitrogens with zero attached hydrogens (tertiary/aromatic N) is 2. The summed E-state index contributed by atoms with van der Waals surface area (Å²) in [5.74, 6) is 0.211. The summed E-state index contributed by atoms with van der Waals surface area (Å²) in [6.45, 7) is 2.52. The fourth-order valence-corrected chi connectivity index (χ4v) is 4.11. The second-order valence-electron chi connectivity index (χ2n) is 6.53. The van der Waals surface area contributed by atoms with Crippen molar-refractivity contribution in [3.63, 3.8) is 0 Å². The number of hydrogen-bond donors (Lipinski definition) is 2. The molecular formula is C19H14ClFN4O. The van der Waals surface area contributed by atoms with Crippen LogP contribution in [-0.4, -0.2) is 17.4 Å². The number of nitrogens with one attached hydrogen (secondary N) is 1. The summed E-state index contributed by atoms with van der Waals surface area (Å²) in [6.07, 6.45) is 3.72. The zero-order valence-corrected chi connectivity index (χ0v) is 14.6. The molecule has 4 heterocycles. The van der Waals surface area contributed by atoms with Crippen molar-refractivity contribution in [1.29, 1.82) is 0 Å². The van der Waals surface area contributed by atoms with Gasteiger partial charge in [0.1, 0.15) is 22.3 Å². The molecule has 1 aromatic heterocycles. The number of aryl methyl sites for hydroxylation is 1. The molecule has 7 heteroatoms. The molecule has 5 nitrogen and oxygen atoms in total. The summed E-state index contributed by atoms with van der Waals surface area (Å²) in [7, 11) is 0. The maximum Gasteiger partial charge on any atom is 0.257 e. The summed E-state index contributed by atoms with van der Waals surface area (Å²) in [5, 5.41) is 3.25. The SMILES string of the molecule is Cc1ccc2c(c1)C1(N=C(N)C3=C1CNC=C3)c1cc(Cl)nc(F)c1O2. The highest BCUT2D eigenvalue weighted by Crippen LogP contribution is 2.56. The Balaban J connectivity index is 1.93. The normalized spacial score (nSPS) is 22.3. The summed E-state index contributed by atoms with van der Waals surface area (Å²) < 4.78 is 20.5. The van der Waals surface area contributed by atoms with Gasteiger partial charge < -0.3 is 15.8 Å². The van der Waals surface area contributed by atoms with Crippen LogP contribution >= 0.6 is 11.6 Å². The van der Waals surface area contributed by atoms with Crippen LogP contribution < -0.4 is 15.8 Å². The lowest BCUT2D eigenvalue weighted by Gasteiger charge is -2.37. The number of halogens is 2. The van der Waals surface area contributed by atoms with Crippen molar-refractivity contribution in [2.45, 2.75) is 12.5 Å². The van der Waals surface area contributed by atoms with E-state index >= 15 is 0 Å². The van der Waals surface area contributed by atoms with E-state index in [1.165, 1.54) is 0 Å².